The second-order valence-corrected chi connectivity index (χ2v) is 5.94. The Kier molecular flexibility index (Phi) is 5.52. The lowest BCUT2D eigenvalue weighted by atomic mass is 10.3. The van der Waals surface area contributed by atoms with Crippen molar-refractivity contribution >= 4 is 10.0 Å². The lowest BCUT2D eigenvalue weighted by Crippen LogP contribution is -2.37. The Morgan fingerprint density at radius 3 is 2.78 bits per heavy atom. The number of hydrogen-bond acceptors (Lipinski definition) is 4. The van der Waals surface area contributed by atoms with E-state index in [4.69, 9.17) is 0 Å². The summed E-state index contributed by atoms with van der Waals surface area (Å²) in [6.45, 7) is 1.73. The molecule has 18 heavy (non-hydrogen) atoms. The van der Waals surface area contributed by atoms with Gasteiger partial charge in [-0.15, -0.1) is 0 Å². The fraction of sp³-hybridized carbons (Fsp3) is 0.545. The molecular weight excluding hydrogens is 256 g/mol. The maximum atomic E-state index is 11.4. The zero-order valence-corrected chi connectivity index (χ0v) is 11.1. The first-order valence-electron chi connectivity index (χ1n) is 5.75. The topological polar surface area (TPSA) is 88.4 Å². The second kappa shape index (κ2) is 6.67. The fourth-order valence-electron chi connectivity index (χ4n) is 1.47. The zero-order valence-electron chi connectivity index (χ0n) is 10.2. The van der Waals surface area contributed by atoms with E-state index in [0.717, 1.165) is 0 Å². The maximum absolute atomic E-state index is 11.4. The van der Waals surface area contributed by atoms with Gasteiger partial charge in [-0.05, 0) is 12.5 Å². The monoisotopic (exact) mass is 274 g/mol. The van der Waals surface area contributed by atoms with E-state index in [2.05, 4.69) is 4.72 Å². The van der Waals surface area contributed by atoms with E-state index in [1.54, 1.807) is 25.3 Å². The third kappa shape index (κ3) is 4.99. The quantitative estimate of drug-likeness (QED) is 0.704. The summed E-state index contributed by atoms with van der Waals surface area (Å²) in [6.07, 6.45) is 1.13. The summed E-state index contributed by atoms with van der Waals surface area (Å²) in [5.74, 6) is 0.0327. The number of aliphatic hydroxyl groups is 1. The van der Waals surface area contributed by atoms with Crippen molar-refractivity contribution in [3.05, 3.63) is 34.7 Å². The summed E-state index contributed by atoms with van der Waals surface area (Å²) in [4.78, 5) is 11.4. The molecule has 0 aliphatic heterocycles. The summed E-state index contributed by atoms with van der Waals surface area (Å²) < 4.78 is 26.4. The predicted molar refractivity (Wildman–Crippen MR) is 68.8 cm³/mol. The second-order valence-electron chi connectivity index (χ2n) is 4.01. The molecule has 6 nitrogen and oxygen atoms in total. The number of aliphatic hydroxyl groups excluding tert-OH is 1. The van der Waals surface area contributed by atoms with Gasteiger partial charge < -0.3 is 9.67 Å². The summed E-state index contributed by atoms with van der Waals surface area (Å²) in [5.41, 5.74) is -0.229. The van der Waals surface area contributed by atoms with Crippen molar-refractivity contribution in [3.8, 4) is 0 Å². The van der Waals surface area contributed by atoms with Gasteiger partial charge >= 0.3 is 0 Å². The smallest absolute Gasteiger partial charge is 0.250 e. The van der Waals surface area contributed by atoms with Crippen molar-refractivity contribution in [2.24, 2.45) is 0 Å². The number of pyridine rings is 1. The third-order valence-electron chi connectivity index (χ3n) is 2.32. The number of rotatable bonds is 7. The van der Waals surface area contributed by atoms with Gasteiger partial charge in [0.15, 0.2) is 0 Å². The number of sulfonamides is 1. The van der Waals surface area contributed by atoms with Gasteiger partial charge in [-0.1, -0.05) is 13.0 Å². The zero-order chi connectivity index (χ0) is 13.6. The van der Waals surface area contributed by atoms with Crippen LogP contribution in [0.5, 0.6) is 0 Å². The van der Waals surface area contributed by atoms with Gasteiger partial charge in [0.1, 0.15) is 0 Å². The Morgan fingerprint density at radius 1 is 1.44 bits per heavy atom. The van der Waals surface area contributed by atoms with E-state index in [-0.39, 0.29) is 24.4 Å². The molecule has 0 saturated carbocycles. The molecular formula is C11H18N2O4S. The van der Waals surface area contributed by atoms with E-state index in [1.165, 1.54) is 10.6 Å². The third-order valence-corrected chi connectivity index (χ3v) is 3.87. The molecule has 1 heterocycles. The molecule has 1 rings (SSSR count). The van der Waals surface area contributed by atoms with Crippen LogP contribution >= 0.6 is 0 Å². The molecule has 102 valence electrons. The van der Waals surface area contributed by atoms with Crippen LogP contribution in [0, 0.1) is 0 Å². The Morgan fingerprint density at radius 2 is 2.17 bits per heavy atom. The molecule has 1 aromatic heterocycles. The van der Waals surface area contributed by atoms with Crippen molar-refractivity contribution in [1.29, 1.82) is 0 Å². The molecule has 0 spiro atoms. The Balaban J connectivity index is 2.51. The minimum atomic E-state index is -3.33. The number of hydrogen-bond donors (Lipinski definition) is 2. The highest BCUT2D eigenvalue weighted by Crippen LogP contribution is 1.92. The SMILES string of the molecule is CCCS(=O)(=O)NCC(O)Cn1ccccc1=O. The Hall–Kier alpha value is -1.18. The first-order chi connectivity index (χ1) is 8.44. The van der Waals surface area contributed by atoms with Gasteiger partial charge in [0.05, 0.1) is 18.4 Å². The van der Waals surface area contributed by atoms with Crippen LogP contribution in [0.15, 0.2) is 29.2 Å². The van der Waals surface area contributed by atoms with Gasteiger partial charge in [0, 0.05) is 18.8 Å². The van der Waals surface area contributed by atoms with Crippen LogP contribution in [-0.2, 0) is 16.6 Å². The Bertz CT molecular complexity index is 524. The highest BCUT2D eigenvalue weighted by Gasteiger charge is 2.12. The molecule has 7 heteroatoms. The molecule has 0 aromatic carbocycles. The van der Waals surface area contributed by atoms with Gasteiger partial charge in [-0.3, -0.25) is 4.79 Å². The van der Waals surface area contributed by atoms with E-state index in [1.807, 2.05) is 0 Å². The average Bonchev–Trinajstić information content (AvgIpc) is 2.30. The van der Waals surface area contributed by atoms with E-state index >= 15 is 0 Å². The van der Waals surface area contributed by atoms with Gasteiger partial charge in [0.2, 0.25) is 10.0 Å². The highest BCUT2D eigenvalue weighted by atomic mass is 32.2. The molecule has 0 saturated heterocycles. The van der Waals surface area contributed by atoms with E-state index < -0.39 is 16.1 Å². The highest BCUT2D eigenvalue weighted by molar-refractivity contribution is 7.89. The maximum Gasteiger partial charge on any atom is 0.250 e. The van der Waals surface area contributed by atoms with E-state index in [0.29, 0.717) is 6.42 Å². The van der Waals surface area contributed by atoms with Crippen LogP contribution in [0.1, 0.15) is 13.3 Å². The minimum absolute atomic E-state index is 0.0327. The lowest BCUT2D eigenvalue weighted by molar-refractivity contribution is 0.156. The first kappa shape index (κ1) is 14.9. The normalized spacial score (nSPS) is 13.4. The molecule has 2 N–H and O–H groups in total. The molecule has 1 unspecified atom stereocenters. The molecule has 0 bridgehead atoms. The van der Waals surface area contributed by atoms with Crippen LogP contribution < -0.4 is 10.3 Å². The summed E-state index contributed by atoms with van der Waals surface area (Å²) in [7, 11) is -3.33. The first-order valence-corrected chi connectivity index (χ1v) is 7.40. The lowest BCUT2D eigenvalue weighted by Gasteiger charge is -2.13. The van der Waals surface area contributed by atoms with E-state index in [9.17, 15) is 18.3 Å². The molecule has 1 aromatic rings. The summed E-state index contributed by atoms with van der Waals surface area (Å²) in [5, 5.41) is 9.67. The molecule has 0 aliphatic rings. The standard InChI is InChI=1S/C11H18N2O4S/c1-2-7-18(16,17)12-8-10(14)9-13-6-4-3-5-11(13)15/h3-6,10,12,14H,2,7-9H2,1H3. The van der Waals surface area contributed by atoms with Crippen LogP contribution in [0.25, 0.3) is 0 Å². The molecule has 1 atom stereocenters. The molecule has 0 radical (unpaired) electrons. The predicted octanol–water partition coefficient (Wildman–Crippen LogP) is -0.461. The average molecular weight is 274 g/mol. The van der Waals surface area contributed by atoms with Gasteiger partial charge in [-0.2, -0.15) is 0 Å². The van der Waals surface area contributed by atoms with Gasteiger partial charge in [0.25, 0.3) is 5.56 Å². The van der Waals surface area contributed by atoms with Crippen molar-refractivity contribution in [1.82, 2.24) is 9.29 Å². The summed E-state index contributed by atoms with van der Waals surface area (Å²) in [6, 6.07) is 4.67. The van der Waals surface area contributed by atoms with Crippen molar-refractivity contribution in [2.75, 3.05) is 12.3 Å². The Labute approximate surface area is 106 Å². The minimum Gasteiger partial charge on any atom is -0.390 e. The van der Waals surface area contributed by atoms with Crippen molar-refractivity contribution < 1.29 is 13.5 Å². The fourth-order valence-corrected chi connectivity index (χ4v) is 2.60. The number of nitrogens with zero attached hydrogens (tertiary/aromatic N) is 1. The molecule has 0 aliphatic carbocycles. The number of nitrogens with one attached hydrogen (secondary N) is 1. The van der Waals surface area contributed by atoms with Crippen LogP contribution in [-0.4, -0.2) is 36.5 Å². The van der Waals surface area contributed by atoms with Crippen LogP contribution in [0.3, 0.4) is 0 Å². The largest absolute Gasteiger partial charge is 0.390 e. The molecule has 0 fully saturated rings. The van der Waals surface area contributed by atoms with Crippen molar-refractivity contribution in [3.63, 3.8) is 0 Å². The van der Waals surface area contributed by atoms with Crippen LogP contribution in [0.4, 0.5) is 0 Å². The van der Waals surface area contributed by atoms with Crippen molar-refractivity contribution in [2.45, 2.75) is 26.0 Å². The van der Waals surface area contributed by atoms with Crippen LogP contribution in [0.2, 0.25) is 0 Å². The number of aromatic nitrogens is 1. The van der Waals surface area contributed by atoms with Gasteiger partial charge in [-0.25, -0.2) is 13.1 Å². The molecule has 0 amide bonds. The summed E-state index contributed by atoms with van der Waals surface area (Å²) >= 11 is 0.